The molecule has 2 nitrogen and oxygen atoms in total. The molecular weight excluding hydrogens is 208 g/mol. The van der Waals surface area contributed by atoms with E-state index in [1.54, 1.807) is 12.1 Å². The minimum atomic E-state index is -0.128. The maximum Gasteiger partial charge on any atom is 0.121 e. The number of aromatic hydroxyl groups is 1. The van der Waals surface area contributed by atoms with Crippen LogP contribution in [0.5, 0.6) is 5.75 Å². The van der Waals surface area contributed by atoms with E-state index in [4.69, 9.17) is 5.11 Å². The lowest BCUT2D eigenvalue weighted by atomic mass is 10.1. The van der Waals surface area contributed by atoms with Gasteiger partial charge in [-0.15, -0.1) is 0 Å². The Morgan fingerprint density at radius 1 is 1.45 bits per heavy atom. The lowest BCUT2D eigenvalue weighted by molar-refractivity contribution is 0.274. The fourth-order valence-corrected chi connectivity index (χ4v) is 1.29. The fourth-order valence-electron chi connectivity index (χ4n) is 0.914. The second kappa shape index (κ2) is 3.24. The molecular formula is C8H9BrO2. The van der Waals surface area contributed by atoms with Crippen molar-refractivity contribution in [3.8, 4) is 5.75 Å². The molecule has 0 fully saturated rings. The Labute approximate surface area is 73.6 Å². The zero-order valence-electron chi connectivity index (χ0n) is 6.13. The normalized spacial score (nSPS) is 10.1. The Balaban J connectivity index is 3.29. The van der Waals surface area contributed by atoms with Crippen LogP contribution in [0.15, 0.2) is 16.6 Å². The molecule has 11 heavy (non-hydrogen) atoms. The summed E-state index contributed by atoms with van der Waals surface area (Å²) in [6.07, 6.45) is 0. The highest BCUT2D eigenvalue weighted by Crippen LogP contribution is 2.26. The second-order valence-corrected chi connectivity index (χ2v) is 3.18. The molecule has 0 atom stereocenters. The number of halogens is 1. The highest BCUT2D eigenvalue weighted by Gasteiger charge is 2.05. The molecule has 0 aliphatic heterocycles. The molecule has 0 saturated heterocycles. The Bertz CT molecular complexity index is 271. The van der Waals surface area contributed by atoms with Crippen molar-refractivity contribution in [1.82, 2.24) is 0 Å². The summed E-state index contributed by atoms with van der Waals surface area (Å²) in [6, 6.07) is 3.31. The lowest BCUT2D eigenvalue weighted by Crippen LogP contribution is -1.89. The molecule has 1 rings (SSSR count). The standard InChI is InChI=1S/C8H9BrO2/c1-5-6(4-10)8(11)3-2-7(5)9/h2-3,10-11H,4H2,1H3. The van der Waals surface area contributed by atoms with Crippen LogP contribution in [0.2, 0.25) is 0 Å². The van der Waals surface area contributed by atoms with Gasteiger partial charge in [-0.3, -0.25) is 0 Å². The first-order valence-corrected chi connectivity index (χ1v) is 4.04. The van der Waals surface area contributed by atoms with Crippen molar-refractivity contribution in [2.24, 2.45) is 0 Å². The van der Waals surface area contributed by atoms with Crippen molar-refractivity contribution < 1.29 is 10.2 Å². The molecule has 0 aliphatic rings. The summed E-state index contributed by atoms with van der Waals surface area (Å²) in [4.78, 5) is 0. The summed E-state index contributed by atoms with van der Waals surface area (Å²) in [5.74, 6) is 0.146. The van der Waals surface area contributed by atoms with Gasteiger partial charge in [-0.1, -0.05) is 15.9 Å². The van der Waals surface area contributed by atoms with E-state index in [1.165, 1.54) is 0 Å². The first kappa shape index (κ1) is 8.56. The minimum absolute atomic E-state index is 0.128. The van der Waals surface area contributed by atoms with Crippen LogP contribution in [0.4, 0.5) is 0 Å². The van der Waals surface area contributed by atoms with Gasteiger partial charge in [0.25, 0.3) is 0 Å². The number of benzene rings is 1. The monoisotopic (exact) mass is 216 g/mol. The Kier molecular flexibility index (Phi) is 2.52. The quantitative estimate of drug-likeness (QED) is 0.754. The van der Waals surface area contributed by atoms with Crippen molar-refractivity contribution >= 4 is 15.9 Å². The largest absolute Gasteiger partial charge is 0.508 e. The molecule has 0 aromatic heterocycles. The van der Waals surface area contributed by atoms with Crippen LogP contribution in [0.3, 0.4) is 0 Å². The number of phenols is 1. The third kappa shape index (κ3) is 1.54. The molecule has 0 heterocycles. The molecule has 0 saturated carbocycles. The second-order valence-electron chi connectivity index (χ2n) is 2.33. The third-order valence-corrected chi connectivity index (χ3v) is 2.52. The van der Waals surface area contributed by atoms with Gasteiger partial charge < -0.3 is 10.2 Å². The average Bonchev–Trinajstić information content (AvgIpc) is 1.99. The van der Waals surface area contributed by atoms with Gasteiger partial charge in [0.15, 0.2) is 0 Å². The summed E-state index contributed by atoms with van der Waals surface area (Å²) < 4.78 is 0.902. The van der Waals surface area contributed by atoms with Crippen LogP contribution < -0.4 is 0 Å². The van der Waals surface area contributed by atoms with Crippen LogP contribution in [-0.2, 0) is 6.61 Å². The van der Waals surface area contributed by atoms with Crippen molar-refractivity contribution in [2.45, 2.75) is 13.5 Å². The van der Waals surface area contributed by atoms with Gasteiger partial charge in [0.05, 0.1) is 6.61 Å². The minimum Gasteiger partial charge on any atom is -0.508 e. The number of rotatable bonds is 1. The summed E-state index contributed by atoms with van der Waals surface area (Å²) in [7, 11) is 0. The van der Waals surface area contributed by atoms with E-state index in [0.717, 1.165) is 10.0 Å². The average molecular weight is 217 g/mol. The maximum absolute atomic E-state index is 9.23. The van der Waals surface area contributed by atoms with E-state index < -0.39 is 0 Å². The molecule has 0 amide bonds. The van der Waals surface area contributed by atoms with E-state index in [0.29, 0.717) is 5.56 Å². The van der Waals surface area contributed by atoms with Gasteiger partial charge in [-0.25, -0.2) is 0 Å². The van der Waals surface area contributed by atoms with Crippen molar-refractivity contribution in [1.29, 1.82) is 0 Å². The van der Waals surface area contributed by atoms with Crippen LogP contribution >= 0.6 is 15.9 Å². The molecule has 0 unspecified atom stereocenters. The van der Waals surface area contributed by atoms with E-state index in [2.05, 4.69) is 15.9 Å². The van der Waals surface area contributed by atoms with Gasteiger partial charge in [-0.2, -0.15) is 0 Å². The van der Waals surface area contributed by atoms with Gasteiger partial charge in [0, 0.05) is 10.0 Å². The Hall–Kier alpha value is -0.540. The zero-order chi connectivity index (χ0) is 8.43. The molecule has 0 bridgehead atoms. The topological polar surface area (TPSA) is 40.5 Å². The van der Waals surface area contributed by atoms with Crippen molar-refractivity contribution in [3.05, 3.63) is 27.7 Å². The molecule has 0 spiro atoms. The molecule has 2 N–H and O–H groups in total. The fraction of sp³-hybridized carbons (Fsp3) is 0.250. The third-order valence-electron chi connectivity index (χ3n) is 1.67. The van der Waals surface area contributed by atoms with Crippen LogP contribution in [0.1, 0.15) is 11.1 Å². The molecule has 1 aromatic carbocycles. The number of hydrogen-bond acceptors (Lipinski definition) is 2. The predicted molar refractivity (Wildman–Crippen MR) is 46.5 cm³/mol. The zero-order valence-corrected chi connectivity index (χ0v) is 7.72. The highest BCUT2D eigenvalue weighted by atomic mass is 79.9. The number of hydrogen-bond donors (Lipinski definition) is 2. The number of aliphatic hydroxyl groups is 1. The lowest BCUT2D eigenvalue weighted by Gasteiger charge is -2.06. The van der Waals surface area contributed by atoms with Crippen LogP contribution in [-0.4, -0.2) is 10.2 Å². The number of aliphatic hydroxyl groups excluding tert-OH is 1. The van der Waals surface area contributed by atoms with Gasteiger partial charge in [0.2, 0.25) is 0 Å². The van der Waals surface area contributed by atoms with Crippen LogP contribution in [0, 0.1) is 6.92 Å². The molecule has 0 aliphatic carbocycles. The van der Waals surface area contributed by atoms with Crippen molar-refractivity contribution in [3.63, 3.8) is 0 Å². The summed E-state index contributed by atoms with van der Waals surface area (Å²) in [5.41, 5.74) is 1.46. The first-order valence-electron chi connectivity index (χ1n) is 3.24. The molecule has 0 radical (unpaired) electrons. The van der Waals surface area contributed by atoms with E-state index in [-0.39, 0.29) is 12.4 Å². The summed E-state index contributed by atoms with van der Waals surface area (Å²) in [6.45, 7) is 1.71. The summed E-state index contributed by atoms with van der Waals surface area (Å²) >= 11 is 3.30. The SMILES string of the molecule is Cc1c(Br)ccc(O)c1CO. The Morgan fingerprint density at radius 3 is 2.55 bits per heavy atom. The highest BCUT2D eigenvalue weighted by molar-refractivity contribution is 9.10. The maximum atomic E-state index is 9.23. The van der Waals surface area contributed by atoms with Gasteiger partial charge in [-0.05, 0) is 24.6 Å². The van der Waals surface area contributed by atoms with E-state index in [9.17, 15) is 5.11 Å². The molecule has 60 valence electrons. The van der Waals surface area contributed by atoms with E-state index >= 15 is 0 Å². The van der Waals surface area contributed by atoms with Gasteiger partial charge >= 0.3 is 0 Å². The smallest absolute Gasteiger partial charge is 0.121 e. The molecule has 1 aromatic rings. The Morgan fingerprint density at radius 2 is 2.09 bits per heavy atom. The van der Waals surface area contributed by atoms with E-state index in [1.807, 2.05) is 6.92 Å². The predicted octanol–water partition coefficient (Wildman–Crippen LogP) is 1.96. The van der Waals surface area contributed by atoms with Gasteiger partial charge in [0.1, 0.15) is 5.75 Å². The molecule has 3 heteroatoms. The summed E-state index contributed by atoms with van der Waals surface area (Å²) in [5, 5.41) is 18.1. The van der Waals surface area contributed by atoms with Crippen molar-refractivity contribution in [2.75, 3.05) is 0 Å². The first-order chi connectivity index (χ1) is 5.16. The van der Waals surface area contributed by atoms with Crippen LogP contribution in [0.25, 0.3) is 0 Å².